The van der Waals surface area contributed by atoms with Crippen LogP contribution in [-0.4, -0.2) is 26.5 Å². The maximum atomic E-state index is 4.45. The van der Waals surface area contributed by atoms with E-state index in [0.29, 0.717) is 0 Å². The summed E-state index contributed by atoms with van der Waals surface area (Å²) in [4.78, 5) is 19.5. The molecule has 1 saturated heterocycles. The van der Waals surface area contributed by atoms with E-state index in [1.165, 1.54) is 12.8 Å². The third-order valence-corrected chi connectivity index (χ3v) is 3.51. The average molecular weight is 255 g/mol. The number of hydrogen-bond donors (Lipinski definition) is 0. The monoisotopic (exact) mass is 255 g/mol. The predicted octanol–water partition coefficient (Wildman–Crippen LogP) is 2.31. The van der Waals surface area contributed by atoms with Gasteiger partial charge in [0.25, 0.3) is 0 Å². The van der Waals surface area contributed by atoms with Crippen LogP contribution in [0.4, 0.5) is 5.82 Å². The minimum Gasteiger partial charge on any atom is -0.348 e. The molecule has 0 aromatic carbocycles. The highest BCUT2D eigenvalue weighted by atomic mass is 15.2. The lowest BCUT2D eigenvalue weighted by atomic mass is 9.99. The average Bonchev–Trinajstić information content (AvgIpc) is 2.48. The summed E-state index contributed by atoms with van der Waals surface area (Å²) >= 11 is 0. The third kappa shape index (κ3) is 2.54. The highest BCUT2D eigenvalue weighted by Gasteiger charge is 2.26. The molecule has 1 aliphatic heterocycles. The lowest BCUT2D eigenvalue weighted by Gasteiger charge is -2.36. The summed E-state index contributed by atoms with van der Waals surface area (Å²) in [6.07, 6.45) is 10.5. The molecule has 0 aliphatic carbocycles. The first-order valence-electron chi connectivity index (χ1n) is 6.66. The van der Waals surface area contributed by atoms with E-state index >= 15 is 0 Å². The van der Waals surface area contributed by atoms with Crippen molar-refractivity contribution in [3.63, 3.8) is 0 Å². The standard InChI is InChI=1S/C14H17N5/c1-11-8-14(18-10-17-11)19-7-3-2-4-13(19)12-9-15-5-6-16-12/h5-6,8-10,13H,2-4,7H2,1H3. The molecule has 3 rings (SSSR count). The summed E-state index contributed by atoms with van der Waals surface area (Å²) < 4.78 is 0. The lowest BCUT2D eigenvalue weighted by molar-refractivity contribution is 0.460. The van der Waals surface area contributed by atoms with Crippen molar-refractivity contribution < 1.29 is 0 Å². The van der Waals surface area contributed by atoms with Gasteiger partial charge in [0, 0.05) is 30.7 Å². The predicted molar refractivity (Wildman–Crippen MR) is 72.7 cm³/mol. The summed E-state index contributed by atoms with van der Waals surface area (Å²) in [6, 6.07) is 2.31. The molecule has 0 bridgehead atoms. The molecule has 19 heavy (non-hydrogen) atoms. The normalized spacial score (nSPS) is 19.4. The molecule has 3 heterocycles. The second kappa shape index (κ2) is 5.30. The van der Waals surface area contributed by atoms with Crippen LogP contribution >= 0.6 is 0 Å². The van der Waals surface area contributed by atoms with E-state index in [-0.39, 0.29) is 6.04 Å². The van der Waals surface area contributed by atoms with Crippen molar-refractivity contribution in [2.75, 3.05) is 11.4 Å². The Morgan fingerprint density at radius 2 is 2.11 bits per heavy atom. The molecule has 5 heteroatoms. The van der Waals surface area contributed by atoms with Gasteiger partial charge in [-0.3, -0.25) is 9.97 Å². The van der Waals surface area contributed by atoms with Crippen molar-refractivity contribution in [3.8, 4) is 0 Å². The van der Waals surface area contributed by atoms with Gasteiger partial charge in [-0.2, -0.15) is 0 Å². The fourth-order valence-corrected chi connectivity index (χ4v) is 2.59. The first kappa shape index (κ1) is 12.0. The zero-order valence-corrected chi connectivity index (χ0v) is 11.0. The molecule has 98 valence electrons. The van der Waals surface area contributed by atoms with Crippen molar-refractivity contribution in [3.05, 3.63) is 42.4 Å². The molecule has 0 amide bonds. The fourth-order valence-electron chi connectivity index (χ4n) is 2.59. The zero-order valence-electron chi connectivity index (χ0n) is 11.0. The molecule has 1 atom stereocenters. The summed E-state index contributed by atoms with van der Waals surface area (Å²) in [6.45, 7) is 3.00. The smallest absolute Gasteiger partial charge is 0.132 e. The third-order valence-electron chi connectivity index (χ3n) is 3.51. The number of hydrogen-bond acceptors (Lipinski definition) is 5. The van der Waals surface area contributed by atoms with Gasteiger partial charge < -0.3 is 4.90 Å². The fraction of sp³-hybridized carbons (Fsp3) is 0.429. The Labute approximate surface area is 112 Å². The maximum absolute atomic E-state index is 4.45. The van der Waals surface area contributed by atoms with E-state index in [9.17, 15) is 0 Å². The summed E-state index contributed by atoms with van der Waals surface area (Å²) in [5, 5.41) is 0. The van der Waals surface area contributed by atoms with Crippen LogP contribution in [0.15, 0.2) is 31.0 Å². The van der Waals surface area contributed by atoms with E-state index in [0.717, 1.165) is 30.2 Å². The molecule has 1 aliphatic rings. The van der Waals surface area contributed by atoms with Gasteiger partial charge >= 0.3 is 0 Å². The van der Waals surface area contributed by atoms with E-state index in [2.05, 4.69) is 24.8 Å². The second-order valence-corrected chi connectivity index (χ2v) is 4.85. The first-order chi connectivity index (χ1) is 9.34. The van der Waals surface area contributed by atoms with Gasteiger partial charge in [0.05, 0.1) is 17.9 Å². The number of rotatable bonds is 2. The second-order valence-electron chi connectivity index (χ2n) is 4.85. The van der Waals surface area contributed by atoms with Crippen molar-refractivity contribution in [1.82, 2.24) is 19.9 Å². The van der Waals surface area contributed by atoms with Gasteiger partial charge in [-0.05, 0) is 26.2 Å². The van der Waals surface area contributed by atoms with E-state index in [4.69, 9.17) is 0 Å². The molecule has 0 radical (unpaired) electrons. The molecule has 5 nitrogen and oxygen atoms in total. The van der Waals surface area contributed by atoms with Gasteiger partial charge in [-0.25, -0.2) is 9.97 Å². The van der Waals surface area contributed by atoms with Gasteiger partial charge in [0.2, 0.25) is 0 Å². The Hall–Kier alpha value is -2.04. The lowest BCUT2D eigenvalue weighted by Crippen LogP contribution is -2.34. The maximum Gasteiger partial charge on any atom is 0.132 e. The molecule has 2 aromatic rings. The molecule has 2 aromatic heterocycles. The molecule has 0 saturated carbocycles. The summed E-state index contributed by atoms with van der Waals surface area (Å²) in [5.41, 5.74) is 2.02. The van der Waals surface area contributed by atoms with E-state index in [1.54, 1.807) is 18.7 Å². The van der Waals surface area contributed by atoms with Crippen molar-refractivity contribution >= 4 is 5.82 Å². The number of nitrogens with zero attached hydrogens (tertiary/aromatic N) is 5. The van der Waals surface area contributed by atoms with Gasteiger partial charge in [-0.15, -0.1) is 0 Å². The Balaban J connectivity index is 1.93. The van der Waals surface area contributed by atoms with Crippen LogP contribution in [0.3, 0.4) is 0 Å². The van der Waals surface area contributed by atoms with Crippen LogP contribution in [0.25, 0.3) is 0 Å². The van der Waals surface area contributed by atoms with Crippen LogP contribution < -0.4 is 4.90 Å². The van der Waals surface area contributed by atoms with Crippen LogP contribution in [0.2, 0.25) is 0 Å². The Morgan fingerprint density at radius 1 is 1.16 bits per heavy atom. The minimum atomic E-state index is 0.275. The Morgan fingerprint density at radius 3 is 2.89 bits per heavy atom. The Bertz CT molecular complexity index is 543. The minimum absolute atomic E-state index is 0.275. The van der Waals surface area contributed by atoms with Gasteiger partial charge in [-0.1, -0.05) is 0 Å². The van der Waals surface area contributed by atoms with Gasteiger partial charge in [0.15, 0.2) is 0 Å². The number of anilines is 1. The SMILES string of the molecule is Cc1cc(N2CCCCC2c2cnccn2)ncn1. The molecular formula is C14H17N5. The highest BCUT2D eigenvalue weighted by Crippen LogP contribution is 2.32. The molecular weight excluding hydrogens is 238 g/mol. The molecule has 0 spiro atoms. The highest BCUT2D eigenvalue weighted by molar-refractivity contribution is 5.42. The zero-order chi connectivity index (χ0) is 13.1. The summed E-state index contributed by atoms with van der Waals surface area (Å²) in [5.74, 6) is 0.989. The molecule has 1 fully saturated rings. The van der Waals surface area contributed by atoms with Crippen molar-refractivity contribution in [2.45, 2.75) is 32.2 Å². The number of piperidine rings is 1. The van der Waals surface area contributed by atoms with Crippen LogP contribution in [0.1, 0.15) is 36.7 Å². The van der Waals surface area contributed by atoms with Crippen LogP contribution in [-0.2, 0) is 0 Å². The first-order valence-corrected chi connectivity index (χ1v) is 6.66. The van der Waals surface area contributed by atoms with E-state index < -0.39 is 0 Å². The van der Waals surface area contributed by atoms with Crippen molar-refractivity contribution in [1.29, 1.82) is 0 Å². The van der Waals surface area contributed by atoms with Crippen LogP contribution in [0.5, 0.6) is 0 Å². The van der Waals surface area contributed by atoms with E-state index in [1.807, 2.05) is 19.2 Å². The summed E-state index contributed by atoms with van der Waals surface area (Å²) in [7, 11) is 0. The number of aromatic nitrogens is 4. The topological polar surface area (TPSA) is 54.8 Å². The quantitative estimate of drug-likeness (QED) is 0.824. The molecule has 0 N–H and O–H groups in total. The van der Waals surface area contributed by atoms with Crippen LogP contribution in [0, 0.1) is 6.92 Å². The largest absolute Gasteiger partial charge is 0.348 e. The molecule has 1 unspecified atom stereocenters. The number of aryl methyl sites for hydroxylation is 1. The van der Waals surface area contributed by atoms with Crippen molar-refractivity contribution in [2.24, 2.45) is 0 Å². The Kier molecular flexibility index (Phi) is 3.35. The van der Waals surface area contributed by atoms with Gasteiger partial charge in [0.1, 0.15) is 12.1 Å².